The van der Waals surface area contributed by atoms with Crippen LogP contribution in [0.1, 0.15) is 0 Å². The highest BCUT2D eigenvalue weighted by Gasteiger charge is 1.93. The summed E-state index contributed by atoms with van der Waals surface area (Å²) in [6.07, 6.45) is 1.66. The first-order valence-electron chi connectivity index (χ1n) is 3.13. The van der Waals surface area contributed by atoms with Crippen molar-refractivity contribution in [1.29, 1.82) is 0 Å². The van der Waals surface area contributed by atoms with Crippen LogP contribution < -0.4 is 0 Å². The minimum absolute atomic E-state index is 0.688. The summed E-state index contributed by atoms with van der Waals surface area (Å²) in [6.45, 7) is 0. The molecular formula is C7H7BrClNS. The van der Waals surface area contributed by atoms with Gasteiger partial charge in [-0.05, 0) is 12.1 Å². The number of halogens is 2. The number of hydrogen-bond donors (Lipinski definition) is 0. The highest BCUT2D eigenvalue weighted by atomic mass is 79.9. The molecule has 0 atom stereocenters. The normalized spacial score (nSPS) is 10.0. The Bertz CT molecular complexity index is 214. The Labute approximate surface area is 83.7 Å². The molecule has 0 unspecified atom stereocenters. The van der Waals surface area contributed by atoms with Gasteiger partial charge < -0.3 is 0 Å². The van der Waals surface area contributed by atoms with Gasteiger partial charge in [0.2, 0.25) is 0 Å². The van der Waals surface area contributed by atoms with Crippen LogP contribution in [-0.2, 0) is 0 Å². The first-order chi connectivity index (χ1) is 5.33. The van der Waals surface area contributed by atoms with Gasteiger partial charge in [0.15, 0.2) is 0 Å². The zero-order valence-electron chi connectivity index (χ0n) is 5.76. The Kier molecular flexibility index (Phi) is 4.26. The molecule has 0 amide bonds. The minimum Gasteiger partial charge on any atom is -0.248 e. The smallest absolute Gasteiger partial charge is 0.0961 e. The molecule has 0 fully saturated rings. The summed E-state index contributed by atoms with van der Waals surface area (Å²) in [5, 5.41) is 2.70. The molecule has 0 aliphatic rings. The van der Waals surface area contributed by atoms with Gasteiger partial charge in [0.1, 0.15) is 0 Å². The fourth-order valence-electron chi connectivity index (χ4n) is 0.591. The van der Waals surface area contributed by atoms with Crippen LogP contribution in [0.4, 0.5) is 0 Å². The maximum absolute atomic E-state index is 5.66. The molecule has 0 N–H and O–H groups in total. The standard InChI is InChI=1S/C7H7BrClNS/c8-3-4-11-7-2-1-6(9)5-10-7/h1-2,5H,3-4H2. The predicted octanol–water partition coefficient (Wildman–Crippen LogP) is 3.22. The molecule has 0 bridgehead atoms. The molecule has 0 aromatic carbocycles. The van der Waals surface area contributed by atoms with Crippen LogP contribution in [0, 0.1) is 0 Å². The second-order valence-corrected chi connectivity index (χ2v) is 4.20. The number of nitrogens with zero attached hydrogens (tertiary/aromatic N) is 1. The van der Waals surface area contributed by atoms with E-state index in [4.69, 9.17) is 11.6 Å². The van der Waals surface area contributed by atoms with Crippen molar-refractivity contribution in [2.45, 2.75) is 5.03 Å². The van der Waals surface area contributed by atoms with Crippen molar-refractivity contribution >= 4 is 39.3 Å². The van der Waals surface area contributed by atoms with Crippen LogP contribution in [-0.4, -0.2) is 16.1 Å². The zero-order valence-corrected chi connectivity index (χ0v) is 8.92. The third-order valence-corrected chi connectivity index (χ3v) is 3.12. The second kappa shape index (κ2) is 5.01. The van der Waals surface area contributed by atoms with Gasteiger partial charge >= 0.3 is 0 Å². The van der Waals surface area contributed by atoms with Gasteiger partial charge in [-0.3, -0.25) is 0 Å². The monoisotopic (exact) mass is 251 g/mol. The summed E-state index contributed by atoms with van der Waals surface area (Å²) in [4.78, 5) is 4.13. The van der Waals surface area contributed by atoms with Crippen molar-refractivity contribution in [2.24, 2.45) is 0 Å². The lowest BCUT2D eigenvalue weighted by Gasteiger charge is -1.96. The summed E-state index contributed by atoms with van der Waals surface area (Å²) in [5.41, 5.74) is 0. The molecule has 0 saturated carbocycles. The van der Waals surface area contributed by atoms with Gasteiger partial charge in [0, 0.05) is 17.3 Å². The summed E-state index contributed by atoms with van der Waals surface area (Å²) in [6, 6.07) is 3.78. The van der Waals surface area contributed by atoms with Gasteiger partial charge in [-0.15, -0.1) is 11.8 Å². The number of alkyl halides is 1. The quantitative estimate of drug-likeness (QED) is 0.605. The zero-order chi connectivity index (χ0) is 8.10. The van der Waals surface area contributed by atoms with E-state index in [0.717, 1.165) is 16.1 Å². The van der Waals surface area contributed by atoms with E-state index in [1.165, 1.54) is 0 Å². The molecule has 0 aliphatic carbocycles. The molecule has 1 nitrogen and oxygen atoms in total. The highest BCUT2D eigenvalue weighted by Crippen LogP contribution is 2.16. The first-order valence-corrected chi connectivity index (χ1v) is 5.62. The van der Waals surface area contributed by atoms with E-state index in [9.17, 15) is 0 Å². The Balaban J connectivity index is 2.52. The summed E-state index contributed by atoms with van der Waals surface area (Å²) < 4.78 is 0. The van der Waals surface area contributed by atoms with Crippen LogP contribution in [0.25, 0.3) is 0 Å². The molecule has 1 aromatic rings. The van der Waals surface area contributed by atoms with Crippen LogP contribution >= 0.6 is 39.3 Å². The van der Waals surface area contributed by atoms with Crippen LogP contribution in [0.3, 0.4) is 0 Å². The largest absolute Gasteiger partial charge is 0.248 e. The fraction of sp³-hybridized carbons (Fsp3) is 0.286. The average Bonchev–Trinajstić information content (AvgIpc) is 2.04. The Morgan fingerprint density at radius 3 is 2.91 bits per heavy atom. The van der Waals surface area contributed by atoms with E-state index in [1.54, 1.807) is 18.0 Å². The van der Waals surface area contributed by atoms with Crippen molar-refractivity contribution < 1.29 is 0 Å². The lowest BCUT2D eigenvalue weighted by atomic mass is 10.5. The molecule has 1 aromatic heterocycles. The van der Waals surface area contributed by atoms with E-state index < -0.39 is 0 Å². The Morgan fingerprint density at radius 1 is 1.55 bits per heavy atom. The molecule has 60 valence electrons. The number of rotatable bonds is 3. The van der Waals surface area contributed by atoms with Crippen molar-refractivity contribution in [3.05, 3.63) is 23.4 Å². The predicted molar refractivity (Wildman–Crippen MR) is 53.8 cm³/mol. The Hall–Kier alpha value is 0.270. The lowest BCUT2D eigenvalue weighted by molar-refractivity contribution is 1.13. The van der Waals surface area contributed by atoms with E-state index in [0.29, 0.717) is 5.02 Å². The average molecular weight is 253 g/mol. The molecule has 4 heteroatoms. The topological polar surface area (TPSA) is 12.9 Å². The van der Waals surface area contributed by atoms with E-state index in [2.05, 4.69) is 20.9 Å². The van der Waals surface area contributed by atoms with Gasteiger partial charge in [0.25, 0.3) is 0 Å². The summed E-state index contributed by atoms with van der Waals surface area (Å²) in [7, 11) is 0. The minimum atomic E-state index is 0.688. The summed E-state index contributed by atoms with van der Waals surface area (Å²) >= 11 is 10.7. The number of pyridine rings is 1. The maximum Gasteiger partial charge on any atom is 0.0961 e. The maximum atomic E-state index is 5.66. The van der Waals surface area contributed by atoms with Gasteiger partial charge in [0.05, 0.1) is 10.0 Å². The number of aromatic nitrogens is 1. The highest BCUT2D eigenvalue weighted by molar-refractivity contribution is 9.09. The lowest BCUT2D eigenvalue weighted by Crippen LogP contribution is -1.82. The van der Waals surface area contributed by atoms with Gasteiger partial charge in [-0.25, -0.2) is 4.98 Å². The van der Waals surface area contributed by atoms with Crippen LogP contribution in [0.2, 0.25) is 5.02 Å². The molecule has 0 aliphatic heterocycles. The van der Waals surface area contributed by atoms with E-state index >= 15 is 0 Å². The van der Waals surface area contributed by atoms with E-state index in [-0.39, 0.29) is 0 Å². The Morgan fingerprint density at radius 2 is 2.36 bits per heavy atom. The molecule has 0 spiro atoms. The molecule has 0 saturated heterocycles. The van der Waals surface area contributed by atoms with Crippen molar-refractivity contribution in [1.82, 2.24) is 4.98 Å². The number of thioether (sulfide) groups is 1. The number of hydrogen-bond acceptors (Lipinski definition) is 2. The SMILES string of the molecule is Clc1ccc(SCCBr)nc1. The summed E-state index contributed by atoms with van der Waals surface area (Å²) in [5.74, 6) is 1.04. The third-order valence-electron chi connectivity index (χ3n) is 1.03. The molecule has 1 rings (SSSR count). The van der Waals surface area contributed by atoms with Crippen molar-refractivity contribution in [3.63, 3.8) is 0 Å². The third kappa shape index (κ3) is 3.45. The van der Waals surface area contributed by atoms with E-state index in [1.807, 2.05) is 12.1 Å². The molecular weight excluding hydrogens is 246 g/mol. The van der Waals surface area contributed by atoms with Crippen molar-refractivity contribution in [2.75, 3.05) is 11.1 Å². The molecule has 0 radical (unpaired) electrons. The van der Waals surface area contributed by atoms with Crippen LogP contribution in [0.15, 0.2) is 23.4 Å². The van der Waals surface area contributed by atoms with Gasteiger partial charge in [-0.1, -0.05) is 27.5 Å². The van der Waals surface area contributed by atoms with Gasteiger partial charge in [-0.2, -0.15) is 0 Å². The van der Waals surface area contributed by atoms with Crippen LogP contribution in [0.5, 0.6) is 0 Å². The fourth-order valence-corrected chi connectivity index (χ4v) is 1.77. The first kappa shape index (κ1) is 9.36. The van der Waals surface area contributed by atoms with Crippen molar-refractivity contribution in [3.8, 4) is 0 Å². The molecule has 11 heavy (non-hydrogen) atoms. The second-order valence-electron chi connectivity index (χ2n) is 1.85. The molecule has 1 heterocycles.